The number of hydrogen-bond acceptors (Lipinski definition) is 8. The second-order valence-electron chi connectivity index (χ2n) is 9.54. The number of carbonyl (C=O) groups excluding carboxylic acids is 1. The number of amidine groups is 1. The highest BCUT2D eigenvalue weighted by molar-refractivity contribution is 8.15. The summed E-state index contributed by atoms with van der Waals surface area (Å²) in [4.78, 5) is 27.6. The molecule has 190 valence electrons. The third-order valence-corrected chi connectivity index (χ3v) is 8.01. The first-order valence-corrected chi connectivity index (χ1v) is 12.5. The largest absolute Gasteiger partial charge is 0.482 e. The maximum Gasteiger partial charge on any atom is 0.239 e. The average molecular weight is 520 g/mol. The zero-order valence-corrected chi connectivity index (χ0v) is 21.7. The molecule has 1 saturated carbocycles. The number of rotatable bonds is 5. The number of fused-ring (bicyclic) bond motifs is 1. The van der Waals surface area contributed by atoms with Gasteiger partial charge >= 0.3 is 0 Å². The first-order chi connectivity index (χ1) is 17.6. The molecule has 0 bridgehead atoms. The number of aromatic nitrogens is 2. The van der Waals surface area contributed by atoms with Crippen LogP contribution in [-0.4, -0.2) is 44.8 Å². The average Bonchev–Trinajstić information content (AvgIpc) is 3.38. The summed E-state index contributed by atoms with van der Waals surface area (Å²) in [6.07, 6.45) is 5.21. The van der Waals surface area contributed by atoms with Crippen molar-refractivity contribution < 1.29 is 18.3 Å². The third-order valence-electron chi connectivity index (χ3n) is 6.72. The van der Waals surface area contributed by atoms with E-state index in [1.54, 1.807) is 43.5 Å². The Morgan fingerprint density at radius 1 is 1.32 bits per heavy atom. The highest BCUT2D eigenvalue weighted by Gasteiger charge is 2.71. The summed E-state index contributed by atoms with van der Waals surface area (Å²) in [7, 11) is 3.43. The van der Waals surface area contributed by atoms with E-state index in [-0.39, 0.29) is 23.6 Å². The maximum atomic E-state index is 15.2. The Balaban J connectivity index is 1.40. The van der Waals surface area contributed by atoms with E-state index in [1.807, 2.05) is 19.9 Å². The van der Waals surface area contributed by atoms with Crippen LogP contribution in [0.25, 0.3) is 0 Å². The first kappa shape index (κ1) is 24.8. The molecule has 0 saturated heterocycles. The van der Waals surface area contributed by atoms with Crippen LogP contribution in [0.3, 0.4) is 0 Å². The monoisotopic (exact) mass is 519 g/mol. The number of benzene rings is 1. The minimum atomic E-state index is -0.973. The van der Waals surface area contributed by atoms with E-state index in [0.717, 1.165) is 5.56 Å². The minimum absolute atomic E-state index is 0.0303. The van der Waals surface area contributed by atoms with Gasteiger partial charge in [-0.2, -0.15) is 0 Å². The van der Waals surface area contributed by atoms with E-state index >= 15 is 4.39 Å². The molecule has 1 aliphatic heterocycles. The summed E-state index contributed by atoms with van der Waals surface area (Å²) in [5.41, 5.74) is 7.58. The molecule has 1 fully saturated rings. The molecule has 2 aromatic heterocycles. The highest BCUT2D eigenvalue weighted by Crippen LogP contribution is 2.66. The Labute approximate surface area is 218 Å². The number of oxazole rings is 1. The molecule has 1 aromatic carbocycles. The van der Waals surface area contributed by atoms with E-state index in [9.17, 15) is 4.79 Å². The molecule has 2 aliphatic rings. The van der Waals surface area contributed by atoms with Crippen molar-refractivity contribution in [3.05, 3.63) is 77.0 Å². The van der Waals surface area contributed by atoms with Crippen molar-refractivity contribution >= 4 is 22.8 Å². The molecular weight excluding hydrogens is 493 g/mol. The SMILES string of the molecule is Cc1cc(OCc2ncco2)cnc1C#Cc1ccc(F)c([C@@]2(C)N=C(N)S[C@@]3(C(=O)N(C)C)C[C@H]32)c1. The Morgan fingerprint density at radius 2 is 2.14 bits per heavy atom. The molecular formula is C27H26FN5O3S. The lowest BCUT2D eigenvalue weighted by molar-refractivity contribution is -0.129. The van der Waals surface area contributed by atoms with Crippen molar-refractivity contribution in [2.45, 2.75) is 37.2 Å². The highest BCUT2D eigenvalue weighted by atomic mass is 32.2. The predicted molar refractivity (Wildman–Crippen MR) is 138 cm³/mol. The number of aliphatic imine (C=N–C) groups is 1. The lowest BCUT2D eigenvalue weighted by Gasteiger charge is -2.34. The number of nitrogens with two attached hydrogens (primary N) is 1. The Hall–Kier alpha value is -3.84. The van der Waals surface area contributed by atoms with Gasteiger partial charge in [-0.25, -0.2) is 14.4 Å². The van der Waals surface area contributed by atoms with Crippen molar-refractivity contribution in [3.63, 3.8) is 0 Å². The molecule has 1 aliphatic carbocycles. The molecule has 5 rings (SSSR count). The van der Waals surface area contributed by atoms with E-state index < -0.39 is 16.1 Å². The molecule has 37 heavy (non-hydrogen) atoms. The Bertz CT molecular complexity index is 1460. The van der Waals surface area contributed by atoms with Crippen molar-refractivity contribution in [1.82, 2.24) is 14.9 Å². The second-order valence-corrected chi connectivity index (χ2v) is 10.9. The lowest BCUT2D eigenvalue weighted by atomic mass is 9.84. The Kier molecular flexibility index (Phi) is 6.20. The summed E-state index contributed by atoms with van der Waals surface area (Å²) < 4.78 is 25.3. The van der Waals surface area contributed by atoms with Gasteiger partial charge in [-0.3, -0.25) is 9.79 Å². The summed E-state index contributed by atoms with van der Waals surface area (Å²) >= 11 is 1.28. The fraction of sp³-hybridized carbons (Fsp3) is 0.333. The van der Waals surface area contributed by atoms with Gasteiger partial charge in [-0.1, -0.05) is 17.7 Å². The van der Waals surface area contributed by atoms with E-state index in [2.05, 4.69) is 26.8 Å². The fourth-order valence-electron chi connectivity index (χ4n) is 4.78. The molecule has 10 heteroatoms. The van der Waals surface area contributed by atoms with Crippen LogP contribution in [0, 0.1) is 30.5 Å². The van der Waals surface area contributed by atoms with Crippen molar-refractivity contribution in [3.8, 4) is 17.6 Å². The van der Waals surface area contributed by atoms with Crippen LogP contribution < -0.4 is 10.5 Å². The van der Waals surface area contributed by atoms with Crippen molar-refractivity contribution in [2.24, 2.45) is 16.6 Å². The Morgan fingerprint density at radius 3 is 2.84 bits per heavy atom. The van der Waals surface area contributed by atoms with Crippen LogP contribution in [0.4, 0.5) is 4.39 Å². The van der Waals surface area contributed by atoms with Gasteiger partial charge in [0.05, 0.1) is 17.9 Å². The lowest BCUT2D eigenvalue weighted by Crippen LogP contribution is -2.43. The molecule has 2 N–H and O–H groups in total. The number of nitrogens with zero attached hydrogens (tertiary/aromatic N) is 4. The standard InChI is InChI=1S/C27H26FN5O3S/c1-16-11-18(36-15-23-30-9-10-35-23)14-31-21(16)8-6-17-5-7-20(28)19(12-17)26(2)22-13-27(22,24(34)33(3)4)37-25(29)32-26/h5,7,9-12,14,22H,13,15H2,1-4H3,(H2,29,32)/t22-,26+,27-/m0/s1. The third kappa shape index (κ3) is 4.55. The summed E-state index contributed by atoms with van der Waals surface area (Å²) in [6.45, 7) is 3.93. The van der Waals surface area contributed by atoms with E-state index in [4.69, 9.17) is 14.9 Å². The normalized spacial score (nSPS) is 23.8. The van der Waals surface area contributed by atoms with Gasteiger partial charge in [0.15, 0.2) is 11.8 Å². The number of aryl methyl sites for hydroxylation is 1. The summed E-state index contributed by atoms with van der Waals surface area (Å²) in [5.74, 6) is 6.59. The van der Waals surface area contributed by atoms with Gasteiger partial charge in [-0.05, 0) is 56.0 Å². The number of thioether (sulfide) groups is 1. The maximum absolute atomic E-state index is 15.2. The van der Waals surface area contributed by atoms with Crippen molar-refractivity contribution in [1.29, 1.82) is 0 Å². The van der Waals surface area contributed by atoms with Gasteiger partial charge in [-0.15, -0.1) is 0 Å². The predicted octanol–water partition coefficient (Wildman–Crippen LogP) is 3.62. The number of hydrogen-bond donors (Lipinski definition) is 1. The zero-order chi connectivity index (χ0) is 26.4. The minimum Gasteiger partial charge on any atom is -0.482 e. The molecule has 3 aromatic rings. The zero-order valence-electron chi connectivity index (χ0n) is 20.9. The van der Waals surface area contributed by atoms with Gasteiger partial charge < -0.3 is 19.8 Å². The van der Waals surface area contributed by atoms with Crippen LogP contribution in [0.1, 0.15) is 41.6 Å². The van der Waals surface area contributed by atoms with Gasteiger partial charge in [0.1, 0.15) is 28.3 Å². The number of amides is 1. The second kappa shape index (κ2) is 9.23. The molecule has 8 nitrogen and oxygen atoms in total. The van der Waals surface area contributed by atoms with Gasteiger partial charge in [0.2, 0.25) is 11.8 Å². The number of carbonyl (C=O) groups is 1. The molecule has 3 heterocycles. The van der Waals surface area contributed by atoms with E-state index in [1.165, 1.54) is 24.1 Å². The number of halogens is 1. The quantitative estimate of drug-likeness (QED) is 0.513. The molecule has 0 radical (unpaired) electrons. The smallest absolute Gasteiger partial charge is 0.239 e. The van der Waals surface area contributed by atoms with Gasteiger partial charge in [0, 0.05) is 31.1 Å². The van der Waals surface area contributed by atoms with Crippen LogP contribution >= 0.6 is 11.8 Å². The van der Waals surface area contributed by atoms with Gasteiger partial charge in [0.25, 0.3) is 0 Å². The van der Waals surface area contributed by atoms with Crippen LogP contribution in [0.5, 0.6) is 5.75 Å². The molecule has 0 spiro atoms. The van der Waals surface area contributed by atoms with Crippen LogP contribution in [0.2, 0.25) is 0 Å². The molecule has 0 unspecified atom stereocenters. The van der Waals surface area contributed by atoms with Crippen LogP contribution in [-0.2, 0) is 16.9 Å². The topological polar surface area (TPSA) is 107 Å². The fourth-order valence-corrected chi connectivity index (χ4v) is 6.28. The number of ether oxygens (including phenoxy) is 1. The van der Waals surface area contributed by atoms with E-state index in [0.29, 0.717) is 34.9 Å². The summed E-state index contributed by atoms with van der Waals surface area (Å²) in [5, 5.41) is 0.285. The first-order valence-electron chi connectivity index (χ1n) is 11.7. The van der Waals surface area contributed by atoms with Crippen LogP contribution in [0.15, 0.2) is 52.3 Å². The summed E-state index contributed by atoms with van der Waals surface area (Å²) in [6, 6.07) is 6.54. The number of pyridine rings is 1. The molecule has 1 amide bonds. The van der Waals surface area contributed by atoms with Crippen molar-refractivity contribution in [2.75, 3.05) is 14.1 Å². The molecule has 3 atom stereocenters.